The summed E-state index contributed by atoms with van der Waals surface area (Å²) in [5.41, 5.74) is 3.34. The Balaban J connectivity index is 1.59. The van der Waals surface area contributed by atoms with E-state index in [0.717, 1.165) is 29.6 Å². The molecule has 0 radical (unpaired) electrons. The summed E-state index contributed by atoms with van der Waals surface area (Å²) in [5.74, 6) is 0. The predicted molar refractivity (Wildman–Crippen MR) is 134 cm³/mol. The van der Waals surface area contributed by atoms with Gasteiger partial charge >= 0.3 is 0 Å². The van der Waals surface area contributed by atoms with Crippen molar-refractivity contribution in [1.29, 1.82) is 0 Å². The summed E-state index contributed by atoms with van der Waals surface area (Å²) in [6.45, 7) is 1.76. The van der Waals surface area contributed by atoms with Crippen LogP contribution in [0.1, 0.15) is 23.5 Å². The first-order valence-electron chi connectivity index (χ1n) is 10.9. The van der Waals surface area contributed by atoms with E-state index in [4.69, 9.17) is 12.2 Å². The maximum absolute atomic E-state index is 5.80. The van der Waals surface area contributed by atoms with Gasteiger partial charge in [0.25, 0.3) is 0 Å². The molecular weight excluding hydrogens is 414 g/mol. The van der Waals surface area contributed by atoms with Gasteiger partial charge in [0.15, 0.2) is 5.11 Å². The SMILES string of the molecule is CN(C)CCN1C(=S)NC(c2ccccn2)C1c1cccn1-c1ccc2ccccc2c1. The van der Waals surface area contributed by atoms with Gasteiger partial charge in [0.1, 0.15) is 0 Å². The molecule has 1 fully saturated rings. The number of pyridine rings is 1. The first-order valence-corrected chi connectivity index (χ1v) is 11.3. The lowest BCUT2D eigenvalue weighted by Crippen LogP contribution is -2.36. The number of rotatable bonds is 6. The molecule has 32 heavy (non-hydrogen) atoms. The van der Waals surface area contributed by atoms with Gasteiger partial charge in [-0.3, -0.25) is 4.98 Å². The molecule has 2 unspecified atom stereocenters. The second-order valence-electron chi connectivity index (χ2n) is 8.46. The third-order valence-electron chi connectivity index (χ3n) is 6.08. The summed E-state index contributed by atoms with van der Waals surface area (Å²) in [6.07, 6.45) is 3.99. The molecule has 0 saturated carbocycles. The number of thiocarbonyl (C=S) groups is 1. The van der Waals surface area contributed by atoms with E-state index in [1.165, 1.54) is 16.5 Å². The Bertz CT molecular complexity index is 1230. The van der Waals surface area contributed by atoms with E-state index < -0.39 is 0 Å². The number of fused-ring (bicyclic) bond motifs is 1. The van der Waals surface area contributed by atoms with Crippen molar-refractivity contribution in [3.8, 4) is 5.69 Å². The Morgan fingerprint density at radius 1 is 0.969 bits per heavy atom. The molecule has 1 aliphatic rings. The van der Waals surface area contributed by atoms with Gasteiger partial charge in [-0.1, -0.05) is 36.4 Å². The highest BCUT2D eigenvalue weighted by Gasteiger charge is 2.41. The molecule has 4 aromatic rings. The minimum Gasteiger partial charge on any atom is -0.352 e. The number of hydrogen-bond donors (Lipinski definition) is 1. The summed E-state index contributed by atoms with van der Waals surface area (Å²) in [4.78, 5) is 9.16. The number of hydrogen-bond acceptors (Lipinski definition) is 3. The monoisotopic (exact) mass is 441 g/mol. The molecule has 0 bridgehead atoms. The van der Waals surface area contributed by atoms with Crippen LogP contribution >= 0.6 is 12.2 Å². The van der Waals surface area contributed by atoms with Crippen LogP contribution in [0.4, 0.5) is 0 Å². The summed E-state index contributed by atoms with van der Waals surface area (Å²) >= 11 is 5.80. The smallest absolute Gasteiger partial charge is 0.170 e. The lowest BCUT2D eigenvalue weighted by Gasteiger charge is -2.29. The van der Waals surface area contributed by atoms with Crippen LogP contribution in [0.3, 0.4) is 0 Å². The fourth-order valence-electron chi connectivity index (χ4n) is 4.47. The molecule has 6 heteroatoms. The Morgan fingerprint density at radius 2 is 1.78 bits per heavy atom. The normalized spacial score (nSPS) is 18.5. The van der Waals surface area contributed by atoms with Crippen molar-refractivity contribution in [3.63, 3.8) is 0 Å². The van der Waals surface area contributed by atoms with Gasteiger partial charge in [-0.15, -0.1) is 0 Å². The molecule has 0 spiro atoms. The number of likely N-dealkylation sites (N-methyl/N-ethyl adjacent to an activating group) is 1. The van der Waals surface area contributed by atoms with Crippen molar-refractivity contribution >= 4 is 28.1 Å². The van der Waals surface area contributed by atoms with Crippen LogP contribution in [0.25, 0.3) is 16.5 Å². The number of nitrogens with one attached hydrogen (secondary N) is 1. The molecule has 0 amide bonds. The first-order chi connectivity index (χ1) is 15.6. The van der Waals surface area contributed by atoms with Crippen molar-refractivity contribution in [2.45, 2.75) is 12.1 Å². The zero-order chi connectivity index (χ0) is 22.1. The molecule has 5 nitrogen and oxygen atoms in total. The molecule has 5 rings (SSSR count). The Labute approximate surface area is 194 Å². The Kier molecular flexibility index (Phi) is 5.64. The van der Waals surface area contributed by atoms with Crippen LogP contribution in [0.15, 0.2) is 85.2 Å². The molecule has 2 aromatic heterocycles. The van der Waals surface area contributed by atoms with Crippen LogP contribution in [0.2, 0.25) is 0 Å². The summed E-state index contributed by atoms with van der Waals surface area (Å²) in [7, 11) is 4.19. The van der Waals surface area contributed by atoms with Crippen molar-refractivity contribution in [2.24, 2.45) is 0 Å². The third kappa shape index (κ3) is 3.87. The maximum Gasteiger partial charge on any atom is 0.170 e. The molecule has 2 atom stereocenters. The Morgan fingerprint density at radius 3 is 2.56 bits per heavy atom. The molecular formula is C26H27N5S. The van der Waals surface area contributed by atoms with Crippen LogP contribution in [-0.2, 0) is 0 Å². The quantitative estimate of drug-likeness (QED) is 0.444. The van der Waals surface area contributed by atoms with Gasteiger partial charge in [0.2, 0.25) is 0 Å². The fraction of sp³-hybridized carbons (Fsp3) is 0.231. The zero-order valence-electron chi connectivity index (χ0n) is 18.3. The predicted octanol–water partition coefficient (Wildman–Crippen LogP) is 4.56. The van der Waals surface area contributed by atoms with Crippen LogP contribution in [-0.4, -0.2) is 51.6 Å². The van der Waals surface area contributed by atoms with E-state index in [-0.39, 0.29) is 12.1 Å². The van der Waals surface area contributed by atoms with E-state index in [1.54, 1.807) is 0 Å². The van der Waals surface area contributed by atoms with Gasteiger partial charge in [-0.2, -0.15) is 0 Å². The number of aromatic nitrogens is 2. The minimum atomic E-state index is -0.0139. The van der Waals surface area contributed by atoms with Crippen LogP contribution in [0.5, 0.6) is 0 Å². The second-order valence-corrected chi connectivity index (χ2v) is 8.84. The van der Waals surface area contributed by atoms with E-state index in [1.807, 2.05) is 18.3 Å². The zero-order valence-corrected chi connectivity index (χ0v) is 19.2. The van der Waals surface area contributed by atoms with Gasteiger partial charge < -0.3 is 19.7 Å². The van der Waals surface area contributed by atoms with Crippen molar-refractivity contribution in [1.82, 2.24) is 24.7 Å². The summed E-state index contributed by atoms with van der Waals surface area (Å²) < 4.78 is 2.28. The highest BCUT2D eigenvalue weighted by molar-refractivity contribution is 7.80. The van der Waals surface area contributed by atoms with Crippen molar-refractivity contribution < 1.29 is 0 Å². The Hall–Kier alpha value is -3.22. The number of nitrogens with zero attached hydrogens (tertiary/aromatic N) is 4. The molecule has 162 valence electrons. The molecule has 1 saturated heterocycles. The lowest BCUT2D eigenvalue weighted by atomic mass is 10.0. The van der Waals surface area contributed by atoms with Crippen molar-refractivity contribution in [3.05, 3.63) is 96.6 Å². The highest BCUT2D eigenvalue weighted by Crippen LogP contribution is 2.39. The molecule has 2 aromatic carbocycles. The minimum absolute atomic E-state index is 0.0139. The van der Waals surface area contributed by atoms with E-state index in [2.05, 4.69) is 106 Å². The second kappa shape index (κ2) is 8.73. The van der Waals surface area contributed by atoms with Gasteiger partial charge in [-0.25, -0.2) is 0 Å². The molecule has 1 N–H and O–H groups in total. The number of benzene rings is 2. The van der Waals surface area contributed by atoms with Crippen LogP contribution in [0, 0.1) is 0 Å². The average Bonchev–Trinajstić information content (AvgIpc) is 3.42. The first kappa shape index (κ1) is 20.7. The van der Waals surface area contributed by atoms with Gasteiger partial charge in [-0.05, 0) is 73.5 Å². The molecule has 0 aliphatic carbocycles. The maximum atomic E-state index is 5.80. The van der Waals surface area contributed by atoms with Crippen molar-refractivity contribution in [2.75, 3.05) is 27.2 Å². The lowest BCUT2D eigenvalue weighted by molar-refractivity contribution is 0.272. The average molecular weight is 442 g/mol. The van der Waals surface area contributed by atoms with E-state index >= 15 is 0 Å². The largest absolute Gasteiger partial charge is 0.352 e. The van der Waals surface area contributed by atoms with Crippen LogP contribution < -0.4 is 5.32 Å². The standard InChI is InChI=1S/C26H27N5S/c1-29(2)16-17-31-25(24(28-26(31)32)22-10-5-6-14-27-22)23-11-7-15-30(23)21-13-12-19-8-3-4-9-20(19)18-21/h3-15,18,24-25H,16-17H2,1-2H3,(H,28,32). The summed E-state index contributed by atoms with van der Waals surface area (Å²) in [6, 6.07) is 25.5. The molecule has 1 aliphatic heterocycles. The highest BCUT2D eigenvalue weighted by atomic mass is 32.1. The van der Waals surface area contributed by atoms with E-state index in [0.29, 0.717) is 0 Å². The van der Waals surface area contributed by atoms with Gasteiger partial charge in [0, 0.05) is 36.9 Å². The summed E-state index contributed by atoms with van der Waals surface area (Å²) in [5, 5.41) is 6.81. The van der Waals surface area contributed by atoms with Gasteiger partial charge in [0.05, 0.1) is 17.8 Å². The topological polar surface area (TPSA) is 36.3 Å². The fourth-order valence-corrected chi connectivity index (χ4v) is 4.80. The third-order valence-corrected chi connectivity index (χ3v) is 6.43. The molecule has 3 heterocycles. The van der Waals surface area contributed by atoms with E-state index in [9.17, 15) is 0 Å².